The molecule has 20 heavy (non-hydrogen) atoms. The smallest absolute Gasteiger partial charge is 0.148 e. The van der Waals surface area contributed by atoms with Gasteiger partial charge in [0.15, 0.2) is 0 Å². The lowest BCUT2D eigenvalue weighted by Gasteiger charge is -2.08. The van der Waals surface area contributed by atoms with Crippen LogP contribution in [0.5, 0.6) is 0 Å². The lowest BCUT2D eigenvalue weighted by atomic mass is 10.0. The van der Waals surface area contributed by atoms with Crippen molar-refractivity contribution in [2.45, 2.75) is 52.0 Å². The maximum absolute atomic E-state index is 4.69. The molecule has 3 rings (SSSR count). The lowest BCUT2D eigenvalue weighted by Crippen LogP contribution is -2.08. The zero-order valence-corrected chi connectivity index (χ0v) is 12.4. The summed E-state index contributed by atoms with van der Waals surface area (Å²) in [4.78, 5) is 8.13. The Balaban J connectivity index is 1.73. The Morgan fingerprint density at radius 1 is 1.30 bits per heavy atom. The lowest BCUT2D eigenvalue weighted by molar-refractivity contribution is 0.667. The van der Waals surface area contributed by atoms with E-state index in [1.807, 2.05) is 7.05 Å². The molecule has 0 saturated carbocycles. The van der Waals surface area contributed by atoms with E-state index in [4.69, 9.17) is 0 Å². The molecule has 6 heteroatoms. The van der Waals surface area contributed by atoms with Gasteiger partial charge in [-0.1, -0.05) is 19.1 Å². The average molecular weight is 274 g/mol. The Morgan fingerprint density at radius 2 is 2.10 bits per heavy atom. The number of nitrogens with one attached hydrogen (secondary N) is 2. The average Bonchev–Trinajstić information content (AvgIpc) is 2.99. The molecule has 2 N–H and O–H groups in total. The molecular weight excluding hydrogens is 252 g/mol. The second-order valence-electron chi connectivity index (χ2n) is 5.77. The van der Waals surface area contributed by atoms with Crippen LogP contribution in [0.4, 0.5) is 5.82 Å². The molecular formula is C14H22N6. The summed E-state index contributed by atoms with van der Waals surface area (Å²) in [7, 11) is 1.91. The van der Waals surface area contributed by atoms with Crippen LogP contribution < -0.4 is 5.32 Å². The first-order valence-electron chi connectivity index (χ1n) is 7.35. The first-order valence-corrected chi connectivity index (χ1v) is 7.35. The largest absolute Gasteiger partial charge is 0.361 e. The van der Waals surface area contributed by atoms with Crippen LogP contribution in [-0.2, 0) is 26.4 Å². The number of fused-ring (bicyclic) bond motifs is 1. The Morgan fingerprint density at radius 3 is 2.85 bits per heavy atom. The van der Waals surface area contributed by atoms with Crippen molar-refractivity contribution in [3.63, 3.8) is 0 Å². The van der Waals surface area contributed by atoms with Crippen molar-refractivity contribution in [2.24, 2.45) is 7.05 Å². The summed E-state index contributed by atoms with van der Waals surface area (Å²) in [6.45, 7) is 4.94. The van der Waals surface area contributed by atoms with Crippen LogP contribution in [0.2, 0.25) is 0 Å². The normalized spacial score (nSPS) is 14.6. The van der Waals surface area contributed by atoms with Gasteiger partial charge in [-0.2, -0.15) is 0 Å². The van der Waals surface area contributed by atoms with Gasteiger partial charge in [0, 0.05) is 18.7 Å². The van der Waals surface area contributed by atoms with Crippen molar-refractivity contribution in [1.29, 1.82) is 0 Å². The molecule has 0 aliphatic heterocycles. The van der Waals surface area contributed by atoms with Gasteiger partial charge in [-0.15, -0.1) is 5.10 Å². The van der Waals surface area contributed by atoms with E-state index in [0.29, 0.717) is 12.5 Å². The molecule has 1 aliphatic rings. The molecule has 0 fully saturated rings. The van der Waals surface area contributed by atoms with Crippen LogP contribution in [0, 0.1) is 0 Å². The fourth-order valence-electron chi connectivity index (χ4n) is 2.73. The summed E-state index contributed by atoms with van der Waals surface area (Å²) in [5.41, 5.74) is 3.57. The molecule has 2 aromatic heterocycles. The maximum atomic E-state index is 4.69. The van der Waals surface area contributed by atoms with Crippen LogP contribution in [-0.4, -0.2) is 25.0 Å². The number of aryl methyl sites for hydroxylation is 3. The molecule has 6 nitrogen and oxygen atoms in total. The SMILES string of the molecule is CC(C)c1nnn(C)c1NCc1nc2c([nH]1)CCCC2. The Labute approximate surface area is 119 Å². The van der Waals surface area contributed by atoms with E-state index in [1.54, 1.807) is 4.68 Å². The zero-order valence-electron chi connectivity index (χ0n) is 12.4. The number of aromatic nitrogens is 5. The zero-order chi connectivity index (χ0) is 14.1. The van der Waals surface area contributed by atoms with Gasteiger partial charge in [0.25, 0.3) is 0 Å². The van der Waals surface area contributed by atoms with Gasteiger partial charge in [0.05, 0.1) is 12.2 Å². The standard InChI is InChI=1S/C14H22N6/c1-9(2)13-14(20(3)19-18-13)15-8-12-16-10-6-4-5-7-11(10)17-12/h9,15H,4-8H2,1-3H3,(H,16,17). The fraction of sp³-hybridized carbons (Fsp3) is 0.643. The molecule has 0 radical (unpaired) electrons. The quantitative estimate of drug-likeness (QED) is 0.896. The van der Waals surface area contributed by atoms with Crippen LogP contribution in [0.25, 0.3) is 0 Å². The first-order chi connectivity index (χ1) is 9.65. The van der Waals surface area contributed by atoms with E-state index >= 15 is 0 Å². The predicted molar refractivity (Wildman–Crippen MR) is 77.6 cm³/mol. The topological polar surface area (TPSA) is 71.4 Å². The van der Waals surface area contributed by atoms with Crippen LogP contribution in [0.3, 0.4) is 0 Å². The van der Waals surface area contributed by atoms with E-state index in [0.717, 1.165) is 30.2 Å². The van der Waals surface area contributed by atoms with Crippen molar-refractivity contribution in [2.75, 3.05) is 5.32 Å². The Bertz CT molecular complexity index is 571. The minimum atomic E-state index is 0.357. The molecule has 0 atom stereocenters. The Hall–Kier alpha value is -1.85. The number of aromatic amines is 1. The molecule has 0 aromatic carbocycles. The van der Waals surface area contributed by atoms with Gasteiger partial charge >= 0.3 is 0 Å². The van der Waals surface area contributed by atoms with Crippen molar-refractivity contribution in [3.8, 4) is 0 Å². The molecule has 0 bridgehead atoms. The second-order valence-corrected chi connectivity index (χ2v) is 5.77. The summed E-state index contributed by atoms with van der Waals surface area (Å²) >= 11 is 0. The van der Waals surface area contributed by atoms with E-state index in [2.05, 4.69) is 39.4 Å². The molecule has 2 aromatic rings. The summed E-state index contributed by atoms with van der Waals surface area (Å²) in [5, 5.41) is 11.7. The molecule has 0 saturated heterocycles. The fourth-order valence-corrected chi connectivity index (χ4v) is 2.73. The second kappa shape index (κ2) is 5.26. The molecule has 1 aliphatic carbocycles. The number of anilines is 1. The highest BCUT2D eigenvalue weighted by atomic mass is 15.4. The summed E-state index contributed by atoms with van der Waals surface area (Å²) in [6, 6.07) is 0. The number of imidazole rings is 1. The highest BCUT2D eigenvalue weighted by molar-refractivity contribution is 5.41. The summed E-state index contributed by atoms with van der Waals surface area (Å²) in [6.07, 6.45) is 4.77. The van der Waals surface area contributed by atoms with Crippen molar-refractivity contribution >= 4 is 5.82 Å². The van der Waals surface area contributed by atoms with Crippen molar-refractivity contribution in [3.05, 3.63) is 22.9 Å². The molecule has 0 amide bonds. The van der Waals surface area contributed by atoms with Crippen LogP contribution >= 0.6 is 0 Å². The Kier molecular flexibility index (Phi) is 3.46. The minimum Gasteiger partial charge on any atom is -0.361 e. The van der Waals surface area contributed by atoms with Crippen LogP contribution in [0.1, 0.15) is 55.5 Å². The third-order valence-corrected chi connectivity index (χ3v) is 3.83. The number of rotatable bonds is 4. The highest BCUT2D eigenvalue weighted by Crippen LogP contribution is 2.22. The molecule has 108 valence electrons. The third kappa shape index (κ3) is 2.42. The number of H-pyrrole nitrogens is 1. The van der Waals surface area contributed by atoms with E-state index in [1.165, 1.54) is 24.2 Å². The predicted octanol–water partition coefficient (Wildman–Crippen LogP) is 2.15. The summed E-state index contributed by atoms with van der Waals surface area (Å²) < 4.78 is 1.79. The first kappa shape index (κ1) is 13.1. The van der Waals surface area contributed by atoms with Gasteiger partial charge < -0.3 is 10.3 Å². The summed E-state index contributed by atoms with van der Waals surface area (Å²) in [5.74, 6) is 2.35. The van der Waals surface area contributed by atoms with Crippen molar-refractivity contribution < 1.29 is 0 Å². The van der Waals surface area contributed by atoms with E-state index in [-0.39, 0.29) is 0 Å². The van der Waals surface area contributed by atoms with E-state index < -0.39 is 0 Å². The van der Waals surface area contributed by atoms with Gasteiger partial charge in [-0.3, -0.25) is 0 Å². The molecule has 0 unspecified atom stereocenters. The highest BCUT2D eigenvalue weighted by Gasteiger charge is 2.16. The third-order valence-electron chi connectivity index (χ3n) is 3.83. The number of hydrogen-bond donors (Lipinski definition) is 2. The molecule has 2 heterocycles. The molecule has 0 spiro atoms. The van der Waals surface area contributed by atoms with Gasteiger partial charge in [0.1, 0.15) is 17.3 Å². The minimum absolute atomic E-state index is 0.357. The van der Waals surface area contributed by atoms with E-state index in [9.17, 15) is 0 Å². The van der Waals surface area contributed by atoms with Gasteiger partial charge in [0.2, 0.25) is 0 Å². The maximum Gasteiger partial charge on any atom is 0.148 e. The number of hydrogen-bond acceptors (Lipinski definition) is 4. The van der Waals surface area contributed by atoms with Gasteiger partial charge in [-0.05, 0) is 25.7 Å². The van der Waals surface area contributed by atoms with Gasteiger partial charge in [-0.25, -0.2) is 9.67 Å². The van der Waals surface area contributed by atoms with Crippen molar-refractivity contribution in [1.82, 2.24) is 25.0 Å². The number of nitrogens with zero attached hydrogens (tertiary/aromatic N) is 4. The van der Waals surface area contributed by atoms with Crippen LogP contribution in [0.15, 0.2) is 0 Å². The monoisotopic (exact) mass is 274 g/mol.